The van der Waals surface area contributed by atoms with E-state index < -0.39 is 0 Å². The van der Waals surface area contributed by atoms with Gasteiger partial charge in [0.1, 0.15) is 0 Å². The molecule has 2 nitrogen and oxygen atoms in total. The summed E-state index contributed by atoms with van der Waals surface area (Å²) in [7, 11) is 0. The molecule has 0 aromatic heterocycles. The molecular weight excluding hydrogens is 174 g/mol. The maximum Gasteiger partial charge on any atom is 0.0728 e. The van der Waals surface area contributed by atoms with Crippen molar-refractivity contribution in [1.29, 1.82) is 5.26 Å². The van der Waals surface area contributed by atoms with Crippen LogP contribution in [0.2, 0.25) is 0 Å². The Morgan fingerprint density at radius 1 is 1.36 bits per heavy atom. The van der Waals surface area contributed by atoms with Crippen molar-refractivity contribution in [2.24, 2.45) is 5.92 Å². The van der Waals surface area contributed by atoms with E-state index in [1.54, 1.807) is 0 Å². The number of nitrogens with zero attached hydrogens (tertiary/aromatic N) is 1. The molecule has 0 amide bonds. The molecule has 1 aromatic carbocycles. The summed E-state index contributed by atoms with van der Waals surface area (Å²) in [5.41, 5.74) is 1.11. The van der Waals surface area contributed by atoms with Crippen LogP contribution in [0.1, 0.15) is 12.0 Å². The Labute approximate surface area is 84.1 Å². The van der Waals surface area contributed by atoms with Gasteiger partial charge in [0.05, 0.1) is 18.6 Å². The van der Waals surface area contributed by atoms with Crippen molar-refractivity contribution in [2.75, 3.05) is 6.61 Å². The van der Waals surface area contributed by atoms with Crippen LogP contribution in [0, 0.1) is 17.2 Å². The third-order valence-electron chi connectivity index (χ3n) is 1.93. The summed E-state index contributed by atoms with van der Waals surface area (Å²) in [5, 5.41) is 17.3. The number of hydrogen-bond acceptors (Lipinski definition) is 2. The summed E-state index contributed by atoms with van der Waals surface area (Å²) < 4.78 is 0. The first-order valence-corrected chi connectivity index (χ1v) is 4.59. The molecule has 0 fully saturated rings. The van der Waals surface area contributed by atoms with Crippen LogP contribution in [0.3, 0.4) is 0 Å². The van der Waals surface area contributed by atoms with E-state index in [1.165, 1.54) is 0 Å². The quantitative estimate of drug-likeness (QED) is 0.785. The van der Waals surface area contributed by atoms with Crippen LogP contribution >= 0.6 is 0 Å². The second kappa shape index (κ2) is 5.95. The highest BCUT2D eigenvalue weighted by atomic mass is 16.3. The highest BCUT2D eigenvalue weighted by Gasteiger charge is 2.00. The Balaban J connectivity index is 2.46. The molecule has 0 bridgehead atoms. The summed E-state index contributed by atoms with van der Waals surface area (Å²) in [6.07, 6.45) is 4.47. The average molecular weight is 187 g/mol. The molecule has 0 aliphatic carbocycles. The normalized spacial score (nSPS) is 12.6. The van der Waals surface area contributed by atoms with Crippen LogP contribution in [0.15, 0.2) is 36.4 Å². The zero-order valence-corrected chi connectivity index (χ0v) is 7.93. The number of nitriles is 1. The van der Waals surface area contributed by atoms with E-state index in [1.807, 2.05) is 48.6 Å². The first-order valence-electron chi connectivity index (χ1n) is 4.59. The van der Waals surface area contributed by atoms with Gasteiger partial charge in [0.25, 0.3) is 0 Å². The van der Waals surface area contributed by atoms with E-state index in [9.17, 15) is 0 Å². The predicted molar refractivity (Wildman–Crippen MR) is 56.3 cm³/mol. The molecule has 0 spiro atoms. The van der Waals surface area contributed by atoms with Gasteiger partial charge in [-0.2, -0.15) is 5.26 Å². The van der Waals surface area contributed by atoms with Gasteiger partial charge in [0.15, 0.2) is 0 Å². The number of rotatable bonds is 4. The lowest BCUT2D eigenvalue weighted by molar-refractivity contribution is 0.257. The summed E-state index contributed by atoms with van der Waals surface area (Å²) >= 11 is 0. The highest BCUT2D eigenvalue weighted by Crippen LogP contribution is 2.06. The monoisotopic (exact) mass is 187 g/mol. The Bertz CT molecular complexity index is 324. The first kappa shape index (κ1) is 10.5. The average Bonchev–Trinajstić information content (AvgIpc) is 2.26. The van der Waals surface area contributed by atoms with Crippen molar-refractivity contribution in [3.05, 3.63) is 42.0 Å². The Hall–Kier alpha value is -1.59. The van der Waals surface area contributed by atoms with Crippen molar-refractivity contribution in [2.45, 2.75) is 6.42 Å². The van der Waals surface area contributed by atoms with Crippen LogP contribution in [0.5, 0.6) is 0 Å². The largest absolute Gasteiger partial charge is 0.395 e. The van der Waals surface area contributed by atoms with Gasteiger partial charge in [-0.15, -0.1) is 0 Å². The fraction of sp³-hybridized carbons (Fsp3) is 0.250. The number of allylic oxidation sites excluding steroid dienone is 1. The van der Waals surface area contributed by atoms with Gasteiger partial charge in [-0.1, -0.05) is 42.5 Å². The topological polar surface area (TPSA) is 44.0 Å². The van der Waals surface area contributed by atoms with Gasteiger partial charge in [-0.05, 0) is 12.0 Å². The lowest BCUT2D eigenvalue weighted by atomic mass is 10.1. The maximum atomic E-state index is 8.77. The van der Waals surface area contributed by atoms with Crippen LogP contribution in [0.25, 0.3) is 6.08 Å². The number of benzene rings is 1. The summed E-state index contributed by atoms with van der Waals surface area (Å²) in [5.74, 6) is -0.282. The standard InChI is InChI=1S/C12H13NO/c13-9-12(10-14)8-4-7-11-5-2-1-3-6-11/h1-7,12,14H,8,10H2/b7-4+. The molecule has 1 unspecified atom stereocenters. The molecular formula is C12H13NO. The summed E-state index contributed by atoms with van der Waals surface area (Å²) in [6.45, 7) is -0.0738. The van der Waals surface area contributed by atoms with Crippen molar-refractivity contribution in [3.8, 4) is 6.07 Å². The fourth-order valence-electron chi connectivity index (χ4n) is 1.10. The lowest BCUT2D eigenvalue weighted by Crippen LogP contribution is -2.00. The number of hydrogen-bond donors (Lipinski definition) is 1. The molecule has 14 heavy (non-hydrogen) atoms. The van der Waals surface area contributed by atoms with E-state index in [-0.39, 0.29) is 12.5 Å². The molecule has 0 aliphatic rings. The SMILES string of the molecule is N#CC(CO)C/C=C/c1ccccc1. The van der Waals surface area contributed by atoms with Crippen molar-refractivity contribution in [3.63, 3.8) is 0 Å². The van der Waals surface area contributed by atoms with E-state index in [4.69, 9.17) is 10.4 Å². The zero-order chi connectivity index (χ0) is 10.2. The van der Waals surface area contributed by atoms with Gasteiger partial charge in [-0.3, -0.25) is 0 Å². The minimum atomic E-state index is -0.282. The third kappa shape index (κ3) is 3.42. The van der Waals surface area contributed by atoms with Crippen LogP contribution in [-0.4, -0.2) is 11.7 Å². The molecule has 72 valence electrons. The molecule has 0 radical (unpaired) electrons. The minimum absolute atomic E-state index is 0.0738. The Kier molecular flexibility index (Phi) is 4.46. The Morgan fingerprint density at radius 2 is 2.07 bits per heavy atom. The highest BCUT2D eigenvalue weighted by molar-refractivity contribution is 5.48. The molecule has 0 heterocycles. The van der Waals surface area contributed by atoms with Crippen LogP contribution in [-0.2, 0) is 0 Å². The molecule has 1 rings (SSSR count). The second-order valence-electron chi connectivity index (χ2n) is 3.06. The van der Waals surface area contributed by atoms with E-state index >= 15 is 0 Å². The minimum Gasteiger partial charge on any atom is -0.395 e. The summed E-state index contributed by atoms with van der Waals surface area (Å²) in [6, 6.07) is 11.9. The molecule has 2 heteroatoms. The first-order chi connectivity index (χ1) is 6.86. The van der Waals surface area contributed by atoms with E-state index in [0.717, 1.165) is 5.56 Å². The van der Waals surface area contributed by atoms with Gasteiger partial charge < -0.3 is 5.11 Å². The van der Waals surface area contributed by atoms with Crippen LogP contribution in [0.4, 0.5) is 0 Å². The summed E-state index contributed by atoms with van der Waals surface area (Å²) in [4.78, 5) is 0. The predicted octanol–water partition coefficient (Wildman–Crippen LogP) is 2.22. The maximum absolute atomic E-state index is 8.77. The molecule has 0 aliphatic heterocycles. The Morgan fingerprint density at radius 3 is 2.64 bits per heavy atom. The van der Waals surface area contributed by atoms with Gasteiger partial charge in [0.2, 0.25) is 0 Å². The van der Waals surface area contributed by atoms with E-state index in [2.05, 4.69) is 0 Å². The van der Waals surface area contributed by atoms with Crippen molar-refractivity contribution in [1.82, 2.24) is 0 Å². The lowest BCUT2D eigenvalue weighted by Gasteiger charge is -1.98. The van der Waals surface area contributed by atoms with E-state index in [0.29, 0.717) is 6.42 Å². The second-order valence-corrected chi connectivity index (χ2v) is 3.06. The van der Waals surface area contributed by atoms with Crippen LogP contribution < -0.4 is 0 Å². The molecule has 0 saturated heterocycles. The van der Waals surface area contributed by atoms with Crippen molar-refractivity contribution < 1.29 is 5.11 Å². The van der Waals surface area contributed by atoms with Gasteiger partial charge in [0, 0.05) is 0 Å². The zero-order valence-electron chi connectivity index (χ0n) is 7.93. The smallest absolute Gasteiger partial charge is 0.0728 e. The molecule has 1 atom stereocenters. The molecule has 1 N–H and O–H groups in total. The molecule has 1 aromatic rings. The molecule has 0 saturated carbocycles. The fourth-order valence-corrected chi connectivity index (χ4v) is 1.10. The number of aliphatic hydroxyl groups is 1. The number of aliphatic hydroxyl groups excluding tert-OH is 1. The third-order valence-corrected chi connectivity index (χ3v) is 1.93. The van der Waals surface area contributed by atoms with Gasteiger partial charge >= 0.3 is 0 Å². The van der Waals surface area contributed by atoms with Crippen molar-refractivity contribution >= 4 is 6.08 Å². The van der Waals surface area contributed by atoms with Gasteiger partial charge in [-0.25, -0.2) is 0 Å².